The molecular formula is C41H33N. The lowest BCUT2D eigenvalue weighted by molar-refractivity contribution is 0.868. The van der Waals surface area contributed by atoms with Crippen LogP contribution >= 0.6 is 0 Å². The number of hydrogen-bond acceptors (Lipinski definition) is 1. The lowest BCUT2D eigenvalue weighted by Crippen LogP contribution is -2.09. The van der Waals surface area contributed by atoms with E-state index in [0.717, 1.165) is 27.8 Å². The van der Waals surface area contributed by atoms with E-state index in [1.54, 1.807) is 0 Å². The summed E-state index contributed by atoms with van der Waals surface area (Å²) < 4.78 is 0. The molecule has 42 heavy (non-hydrogen) atoms. The number of rotatable bonds is 5. The molecule has 7 aromatic carbocycles. The molecule has 1 nitrogen and oxygen atoms in total. The van der Waals surface area contributed by atoms with Gasteiger partial charge in [0.15, 0.2) is 0 Å². The smallest absolute Gasteiger partial charge is 0.0697 e. The van der Waals surface area contributed by atoms with Gasteiger partial charge >= 0.3 is 0 Å². The molecule has 0 unspecified atom stereocenters. The summed E-state index contributed by atoms with van der Waals surface area (Å²) in [6.07, 6.45) is 0. The average molecular weight is 540 g/mol. The fourth-order valence-electron chi connectivity index (χ4n) is 6.57. The largest absolute Gasteiger partial charge is 0.300 e. The summed E-state index contributed by atoms with van der Waals surface area (Å²) in [4.78, 5) is 0. The van der Waals surface area contributed by atoms with Crippen LogP contribution in [0.4, 0.5) is 0 Å². The summed E-state index contributed by atoms with van der Waals surface area (Å²) >= 11 is 0. The monoisotopic (exact) mass is 539 g/mol. The van der Waals surface area contributed by atoms with E-state index < -0.39 is 0 Å². The summed E-state index contributed by atoms with van der Waals surface area (Å²) in [6, 6.07) is 47.6. The average Bonchev–Trinajstić information content (AvgIpc) is 3.04. The van der Waals surface area contributed by atoms with Gasteiger partial charge in [-0.3, -0.25) is 5.41 Å². The maximum absolute atomic E-state index is 9.66. The molecule has 0 aliphatic rings. The van der Waals surface area contributed by atoms with E-state index in [2.05, 4.69) is 136 Å². The first kappa shape index (κ1) is 25.9. The third kappa shape index (κ3) is 4.21. The van der Waals surface area contributed by atoms with Gasteiger partial charge in [0.05, 0.1) is 5.71 Å². The topological polar surface area (TPSA) is 23.9 Å². The lowest BCUT2D eigenvalue weighted by Gasteiger charge is -2.23. The van der Waals surface area contributed by atoms with Crippen molar-refractivity contribution in [2.75, 3.05) is 0 Å². The van der Waals surface area contributed by atoms with Crippen molar-refractivity contribution in [2.45, 2.75) is 26.7 Å². The number of benzene rings is 7. The molecule has 0 bridgehead atoms. The molecule has 0 aromatic heterocycles. The SMILES string of the molecule is Cc1ccccc1-c1c(C(C)C)ccc(-c2ccc3c4ccccc4c4ccccc4c3c2)c1C(=N)c1ccccc1. The summed E-state index contributed by atoms with van der Waals surface area (Å²) in [7, 11) is 0. The highest BCUT2D eigenvalue weighted by atomic mass is 14.4. The van der Waals surface area contributed by atoms with Crippen LogP contribution in [0, 0.1) is 12.3 Å². The Hall–Kier alpha value is -5.01. The van der Waals surface area contributed by atoms with E-state index >= 15 is 0 Å². The number of fused-ring (bicyclic) bond motifs is 6. The molecule has 0 atom stereocenters. The van der Waals surface area contributed by atoms with Crippen LogP contribution < -0.4 is 0 Å². The summed E-state index contributed by atoms with van der Waals surface area (Å²) in [5, 5.41) is 17.2. The number of aryl methyl sites for hydroxylation is 1. The Bertz CT molecular complexity index is 2100. The summed E-state index contributed by atoms with van der Waals surface area (Å²) in [5.74, 6) is 0.308. The molecule has 0 amide bonds. The summed E-state index contributed by atoms with van der Waals surface area (Å²) in [5.41, 5.74) is 9.52. The quantitative estimate of drug-likeness (QED) is 0.166. The highest BCUT2D eigenvalue weighted by Crippen LogP contribution is 2.43. The Morgan fingerprint density at radius 1 is 0.524 bits per heavy atom. The van der Waals surface area contributed by atoms with Gasteiger partial charge in [-0.1, -0.05) is 141 Å². The van der Waals surface area contributed by atoms with Crippen molar-refractivity contribution in [3.8, 4) is 22.3 Å². The van der Waals surface area contributed by atoms with Gasteiger partial charge in [0.25, 0.3) is 0 Å². The second-order valence-electron chi connectivity index (χ2n) is 11.5. The molecule has 1 N–H and O–H groups in total. The van der Waals surface area contributed by atoms with Crippen molar-refractivity contribution >= 4 is 38.0 Å². The highest BCUT2D eigenvalue weighted by Gasteiger charge is 2.23. The zero-order valence-corrected chi connectivity index (χ0v) is 24.3. The summed E-state index contributed by atoms with van der Waals surface area (Å²) in [6.45, 7) is 6.68. The second-order valence-corrected chi connectivity index (χ2v) is 11.5. The van der Waals surface area contributed by atoms with E-state index in [0.29, 0.717) is 11.6 Å². The van der Waals surface area contributed by atoms with Gasteiger partial charge in [0.2, 0.25) is 0 Å². The van der Waals surface area contributed by atoms with Gasteiger partial charge in [0.1, 0.15) is 0 Å². The van der Waals surface area contributed by atoms with Gasteiger partial charge in [0, 0.05) is 11.1 Å². The predicted octanol–water partition coefficient (Wildman–Crippen LogP) is 11.3. The van der Waals surface area contributed by atoms with Crippen LogP contribution in [0.3, 0.4) is 0 Å². The zero-order valence-electron chi connectivity index (χ0n) is 24.3. The number of hydrogen-bond donors (Lipinski definition) is 1. The molecule has 0 aliphatic carbocycles. The van der Waals surface area contributed by atoms with Gasteiger partial charge in [-0.15, -0.1) is 0 Å². The normalized spacial score (nSPS) is 11.5. The molecule has 0 saturated carbocycles. The maximum atomic E-state index is 9.66. The molecule has 0 heterocycles. The van der Waals surface area contributed by atoms with Crippen LogP contribution in [-0.4, -0.2) is 5.71 Å². The predicted molar refractivity (Wildman–Crippen MR) is 181 cm³/mol. The second kappa shape index (κ2) is 10.4. The van der Waals surface area contributed by atoms with Gasteiger partial charge in [-0.25, -0.2) is 0 Å². The third-order valence-electron chi connectivity index (χ3n) is 8.64. The van der Waals surface area contributed by atoms with E-state index in [-0.39, 0.29) is 0 Å². The first-order chi connectivity index (χ1) is 20.5. The fourth-order valence-corrected chi connectivity index (χ4v) is 6.57. The molecule has 202 valence electrons. The van der Waals surface area contributed by atoms with Crippen molar-refractivity contribution in [1.82, 2.24) is 0 Å². The lowest BCUT2D eigenvalue weighted by atomic mass is 9.80. The van der Waals surface area contributed by atoms with Crippen molar-refractivity contribution < 1.29 is 0 Å². The molecule has 0 aliphatic heterocycles. The van der Waals surface area contributed by atoms with Crippen molar-refractivity contribution in [1.29, 1.82) is 5.41 Å². The number of nitrogens with one attached hydrogen (secondary N) is 1. The van der Waals surface area contributed by atoms with Gasteiger partial charge in [-0.2, -0.15) is 0 Å². The molecule has 0 spiro atoms. The first-order valence-electron chi connectivity index (χ1n) is 14.7. The minimum absolute atomic E-state index is 0.308. The maximum Gasteiger partial charge on any atom is 0.0697 e. The Labute approximate surface area is 247 Å². The minimum Gasteiger partial charge on any atom is -0.300 e. The Morgan fingerprint density at radius 3 is 1.69 bits per heavy atom. The van der Waals surface area contributed by atoms with E-state index in [1.165, 1.54) is 49.0 Å². The van der Waals surface area contributed by atoms with Crippen LogP contribution in [-0.2, 0) is 0 Å². The van der Waals surface area contributed by atoms with Crippen LogP contribution in [0.2, 0.25) is 0 Å². The standard InChI is InChI=1S/C41H33N/c1-26(2)30-23-24-32(40(41(42)28-14-5-4-6-15-28)39(30)31-16-8-7-13-27(31)3)29-21-22-37-35-19-10-9-17-33(35)34-18-11-12-20-36(34)38(37)25-29/h4-26,42H,1-3H3. The fraction of sp³-hybridized carbons (Fsp3) is 0.0976. The molecule has 0 saturated heterocycles. The zero-order chi connectivity index (χ0) is 28.8. The Kier molecular flexibility index (Phi) is 6.44. The molecule has 1 heteroatoms. The van der Waals surface area contributed by atoms with Gasteiger partial charge in [-0.05, 0) is 84.6 Å². The third-order valence-corrected chi connectivity index (χ3v) is 8.64. The van der Waals surface area contributed by atoms with E-state index in [4.69, 9.17) is 0 Å². The molecular weight excluding hydrogens is 506 g/mol. The molecule has 7 rings (SSSR count). The van der Waals surface area contributed by atoms with Crippen LogP contribution in [0.5, 0.6) is 0 Å². The van der Waals surface area contributed by atoms with Crippen molar-refractivity contribution in [3.05, 3.63) is 156 Å². The Morgan fingerprint density at radius 2 is 1.07 bits per heavy atom. The van der Waals surface area contributed by atoms with Crippen LogP contribution in [0.15, 0.2) is 133 Å². The van der Waals surface area contributed by atoms with E-state index in [1.807, 2.05) is 18.2 Å². The van der Waals surface area contributed by atoms with Crippen molar-refractivity contribution in [3.63, 3.8) is 0 Å². The first-order valence-corrected chi connectivity index (χ1v) is 14.7. The van der Waals surface area contributed by atoms with E-state index in [9.17, 15) is 5.41 Å². The molecule has 0 radical (unpaired) electrons. The van der Waals surface area contributed by atoms with Crippen molar-refractivity contribution in [2.24, 2.45) is 0 Å². The minimum atomic E-state index is 0.308. The highest BCUT2D eigenvalue weighted by molar-refractivity contribution is 6.26. The van der Waals surface area contributed by atoms with Gasteiger partial charge < -0.3 is 0 Å². The Balaban J connectivity index is 1.59. The molecule has 7 aromatic rings. The van der Waals surface area contributed by atoms with Crippen LogP contribution in [0.25, 0.3) is 54.6 Å². The van der Waals surface area contributed by atoms with Crippen LogP contribution in [0.1, 0.15) is 42.0 Å². The molecule has 0 fully saturated rings.